The minimum Gasteiger partial charge on any atom is -0.306 e. The van der Waals surface area contributed by atoms with Crippen molar-refractivity contribution in [1.29, 1.82) is 0 Å². The molecule has 0 saturated carbocycles. The van der Waals surface area contributed by atoms with Crippen LogP contribution < -0.4 is 0 Å². The molecule has 2 fully saturated rings. The normalized spacial score (nSPS) is 27.1. The molecule has 2 aliphatic rings. The maximum absolute atomic E-state index is 13.7. The van der Waals surface area contributed by atoms with Crippen LogP contribution in [-0.2, 0) is 9.09 Å². The number of hydrogen-bond donors (Lipinski definition) is 0. The van der Waals surface area contributed by atoms with Crippen LogP contribution >= 0.6 is 7.67 Å². The molecular formula is C18H19N4O6P. The Morgan fingerprint density at radius 1 is 0.897 bits per heavy atom. The van der Waals surface area contributed by atoms with Crippen LogP contribution in [0.5, 0.6) is 0 Å². The van der Waals surface area contributed by atoms with Crippen LogP contribution in [0.25, 0.3) is 0 Å². The van der Waals surface area contributed by atoms with Crippen LogP contribution in [0.3, 0.4) is 0 Å². The lowest BCUT2D eigenvalue weighted by atomic mass is 10.1. The maximum atomic E-state index is 13.7. The third-order valence-electron chi connectivity index (χ3n) is 5.10. The second kappa shape index (κ2) is 7.31. The van der Waals surface area contributed by atoms with Gasteiger partial charge in [0, 0.05) is 37.4 Å². The van der Waals surface area contributed by atoms with E-state index in [1.54, 1.807) is 40.5 Å². The van der Waals surface area contributed by atoms with Gasteiger partial charge in [-0.25, -0.2) is 9.34 Å². The van der Waals surface area contributed by atoms with Crippen molar-refractivity contribution in [3.05, 3.63) is 79.9 Å². The van der Waals surface area contributed by atoms with Crippen LogP contribution in [0.4, 0.5) is 11.4 Å². The topological polar surface area (TPSA) is 119 Å². The largest absolute Gasteiger partial charge is 0.347 e. The van der Waals surface area contributed by atoms with Gasteiger partial charge in [-0.2, -0.15) is 0 Å². The molecule has 10 nitrogen and oxygen atoms in total. The van der Waals surface area contributed by atoms with Crippen molar-refractivity contribution in [2.45, 2.75) is 19.0 Å². The van der Waals surface area contributed by atoms with E-state index in [0.29, 0.717) is 13.1 Å². The fourth-order valence-corrected chi connectivity index (χ4v) is 6.10. The van der Waals surface area contributed by atoms with Gasteiger partial charge in [-0.1, -0.05) is 24.3 Å². The zero-order chi connectivity index (χ0) is 20.8. The summed E-state index contributed by atoms with van der Waals surface area (Å²) < 4.78 is 22.9. The predicted octanol–water partition coefficient (Wildman–Crippen LogP) is 4.06. The first kappa shape index (κ1) is 19.7. The van der Waals surface area contributed by atoms with E-state index in [1.807, 2.05) is 0 Å². The highest BCUT2D eigenvalue weighted by Gasteiger charge is 2.59. The minimum absolute atomic E-state index is 0.0121. The summed E-state index contributed by atoms with van der Waals surface area (Å²) in [7, 11) is -3.25. The van der Waals surface area contributed by atoms with E-state index in [1.165, 1.54) is 24.3 Å². The summed E-state index contributed by atoms with van der Waals surface area (Å²) in [5.74, 6) is 0. The molecule has 2 aromatic rings. The van der Waals surface area contributed by atoms with Gasteiger partial charge in [-0.3, -0.25) is 24.8 Å². The highest BCUT2D eigenvalue weighted by molar-refractivity contribution is 7.54. The van der Waals surface area contributed by atoms with E-state index in [-0.39, 0.29) is 30.1 Å². The Morgan fingerprint density at radius 2 is 1.28 bits per heavy atom. The highest BCUT2D eigenvalue weighted by atomic mass is 31.2. The average Bonchev–Trinajstić information content (AvgIpc) is 3.62. The van der Waals surface area contributed by atoms with E-state index < -0.39 is 17.5 Å². The molecule has 0 N–H and O–H groups in total. The molecule has 0 aromatic heterocycles. The number of rotatable bonds is 8. The number of nitro benzene ring substituents is 2. The SMILES string of the molecule is CCOP(=O)(N1CC1c1ccc([N+](=O)[O-])cc1)N1CC1c1ccc([N+](=O)[O-])cc1. The van der Waals surface area contributed by atoms with Crippen LogP contribution in [0.1, 0.15) is 30.1 Å². The highest BCUT2D eigenvalue weighted by Crippen LogP contribution is 2.71. The van der Waals surface area contributed by atoms with Gasteiger partial charge in [0.15, 0.2) is 0 Å². The number of non-ortho nitro benzene ring substituents is 2. The van der Waals surface area contributed by atoms with Gasteiger partial charge in [0.2, 0.25) is 0 Å². The number of nitrogens with zero attached hydrogens (tertiary/aromatic N) is 4. The first-order chi connectivity index (χ1) is 13.8. The van der Waals surface area contributed by atoms with E-state index in [9.17, 15) is 24.8 Å². The Labute approximate surface area is 166 Å². The monoisotopic (exact) mass is 418 g/mol. The Balaban J connectivity index is 1.49. The lowest BCUT2D eigenvalue weighted by Crippen LogP contribution is -2.09. The quantitative estimate of drug-likeness (QED) is 0.272. The van der Waals surface area contributed by atoms with Gasteiger partial charge < -0.3 is 4.52 Å². The molecule has 4 rings (SSSR count). The summed E-state index contributed by atoms with van der Waals surface area (Å²) >= 11 is 0. The molecule has 2 aromatic carbocycles. The molecule has 4 atom stereocenters. The van der Waals surface area contributed by atoms with E-state index in [4.69, 9.17) is 4.52 Å². The molecule has 2 saturated heterocycles. The Bertz CT molecular complexity index is 921. The molecule has 4 unspecified atom stereocenters. The van der Waals surface area contributed by atoms with Crippen LogP contribution in [0.2, 0.25) is 0 Å². The number of benzene rings is 2. The minimum atomic E-state index is -3.25. The van der Waals surface area contributed by atoms with Crippen LogP contribution in [0.15, 0.2) is 48.5 Å². The smallest absolute Gasteiger partial charge is 0.306 e. The molecule has 2 heterocycles. The van der Waals surface area contributed by atoms with Gasteiger partial charge in [0.1, 0.15) is 0 Å². The summed E-state index contributed by atoms with van der Waals surface area (Å²) in [6.45, 7) is 3.14. The van der Waals surface area contributed by atoms with E-state index in [0.717, 1.165) is 11.1 Å². The molecule has 0 radical (unpaired) electrons. The van der Waals surface area contributed by atoms with Crippen molar-refractivity contribution in [3.63, 3.8) is 0 Å². The molecule has 29 heavy (non-hydrogen) atoms. The van der Waals surface area contributed by atoms with Crippen LogP contribution in [0, 0.1) is 20.2 Å². The second-order valence-corrected chi connectivity index (χ2v) is 9.15. The van der Waals surface area contributed by atoms with Gasteiger partial charge >= 0.3 is 7.67 Å². The average molecular weight is 418 g/mol. The fraction of sp³-hybridized carbons (Fsp3) is 0.333. The third kappa shape index (κ3) is 3.67. The summed E-state index contributed by atoms with van der Waals surface area (Å²) in [6, 6.07) is 12.2. The van der Waals surface area contributed by atoms with E-state index in [2.05, 4.69) is 0 Å². The lowest BCUT2D eigenvalue weighted by molar-refractivity contribution is -0.385. The van der Waals surface area contributed by atoms with Crippen molar-refractivity contribution in [3.8, 4) is 0 Å². The summed E-state index contributed by atoms with van der Waals surface area (Å²) in [4.78, 5) is 20.7. The van der Waals surface area contributed by atoms with E-state index >= 15 is 0 Å². The Kier molecular flexibility index (Phi) is 4.95. The second-order valence-electron chi connectivity index (χ2n) is 6.88. The molecule has 11 heteroatoms. The van der Waals surface area contributed by atoms with Gasteiger partial charge in [0.05, 0.1) is 28.5 Å². The van der Waals surface area contributed by atoms with Gasteiger partial charge in [-0.05, 0) is 18.1 Å². The van der Waals surface area contributed by atoms with Crippen molar-refractivity contribution < 1.29 is 18.9 Å². The molecule has 0 spiro atoms. The molecule has 0 bridgehead atoms. The first-order valence-corrected chi connectivity index (χ1v) is 10.7. The molecule has 2 aliphatic heterocycles. The zero-order valence-electron chi connectivity index (χ0n) is 15.6. The summed E-state index contributed by atoms with van der Waals surface area (Å²) in [6.07, 6.45) is 0. The summed E-state index contributed by atoms with van der Waals surface area (Å²) in [5, 5.41) is 21.6. The van der Waals surface area contributed by atoms with Crippen molar-refractivity contribution >= 4 is 19.0 Å². The molecular weight excluding hydrogens is 399 g/mol. The van der Waals surface area contributed by atoms with Gasteiger partial charge in [0.25, 0.3) is 11.4 Å². The van der Waals surface area contributed by atoms with Crippen molar-refractivity contribution in [2.24, 2.45) is 0 Å². The van der Waals surface area contributed by atoms with Crippen LogP contribution in [-0.4, -0.2) is 38.9 Å². The lowest BCUT2D eigenvalue weighted by Gasteiger charge is -2.21. The first-order valence-electron chi connectivity index (χ1n) is 9.12. The standard InChI is InChI=1S/C18H19N4O6P/c1-2-28-29(27,19-11-17(19)13-3-7-15(8-4-13)21(23)24)20-12-18(20)14-5-9-16(10-6-14)22(25)26/h3-10,17-18H,2,11-12H2,1H3. The van der Waals surface area contributed by atoms with Gasteiger partial charge in [-0.15, -0.1) is 0 Å². The fourth-order valence-electron chi connectivity index (χ4n) is 3.47. The zero-order valence-corrected chi connectivity index (χ0v) is 16.5. The Morgan fingerprint density at radius 3 is 1.59 bits per heavy atom. The molecule has 0 aliphatic carbocycles. The molecule has 152 valence electrons. The van der Waals surface area contributed by atoms with Crippen molar-refractivity contribution in [2.75, 3.05) is 19.7 Å². The maximum Gasteiger partial charge on any atom is 0.347 e. The third-order valence-corrected chi connectivity index (χ3v) is 7.87. The summed E-state index contributed by atoms with van der Waals surface area (Å²) in [5.41, 5.74) is 1.73. The predicted molar refractivity (Wildman–Crippen MR) is 104 cm³/mol. The van der Waals surface area contributed by atoms with Crippen molar-refractivity contribution in [1.82, 2.24) is 9.34 Å². The Hall–Kier alpha value is -2.65. The number of nitro groups is 2. The molecule has 0 amide bonds. The number of hydrogen-bond acceptors (Lipinski definition) is 6.